The number of nitrogens with zero attached hydrogens (tertiary/aromatic N) is 5. The number of guanidine groups is 1. The lowest BCUT2D eigenvalue weighted by Crippen LogP contribution is -2.55. The molecule has 3 aliphatic rings. The third-order valence-corrected chi connectivity index (χ3v) is 6.97. The van der Waals surface area contributed by atoms with Gasteiger partial charge in [-0.05, 0) is 31.2 Å². The van der Waals surface area contributed by atoms with Crippen LogP contribution in [0.25, 0.3) is 0 Å². The number of rotatable bonds is 3. The molecule has 2 N–H and O–H groups in total. The van der Waals surface area contributed by atoms with E-state index < -0.39 is 17.7 Å². The molecule has 3 atom stereocenters. The van der Waals surface area contributed by atoms with Gasteiger partial charge in [-0.15, -0.1) is 4.99 Å². The van der Waals surface area contributed by atoms with Gasteiger partial charge in [0.25, 0.3) is 0 Å². The number of nitriles is 1. The van der Waals surface area contributed by atoms with E-state index in [2.05, 4.69) is 22.0 Å². The second kappa shape index (κ2) is 10.0. The van der Waals surface area contributed by atoms with Crippen LogP contribution < -0.4 is 5.48 Å². The number of hydroxylamine groups is 1. The van der Waals surface area contributed by atoms with E-state index in [0.717, 1.165) is 32.4 Å². The zero-order chi connectivity index (χ0) is 22.5. The molecule has 3 aliphatic heterocycles. The standard InChI is InChI=1S/C23H30N6O3/c24-16-25-23(27-10-4-5-11-27)29-13-9-19(20(15-29)21(30)26-32)22(31)28-12-8-18(14-28)17-6-2-1-3-7-17/h1-3,6-7,18-20,32H,4-5,8-15H2,(H,26,30)/b25-23+/t18-,19-,20-/m0/s1. The SMILES string of the molecule is N#C/N=C(\N1CCCC1)N1CC[C@H](C(=O)N2CC[C@H](c3ccccc3)C2)[C@@H](C(=O)NO)C1. The van der Waals surface area contributed by atoms with Gasteiger partial charge in [0, 0.05) is 45.2 Å². The van der Waals surface area contributed by atoms with Crippen molar-refractivity contribution in [3.63, 3.8) is 0 Å². The molecule has 9 heteroatoms. The van der Waals surface area contributed by atoms with Crippen LogP contribution in [0.2, 0.25) is 0 Å². The second-order valence-corrected chi connectivity index (χ2v) is 8.81. The lowest BCUT2D eigenvalue weighted by atomic mass is 9.83. The maximum atomic E-state index is 13.4. The van der Waals surface area contributed by atoms with Crippen molar-refractivity contribution in [3.05, 3.63) is 35.9 Å². The molecule has 2 amide bonds. The predicted molar refractivity (Wildman–Crippen MR) is 117 cm³/mol. The molecule has 4 rings (SSSR count). The first-order valence-corrected chi connectivity index (χ1v) is 11.4. The summed E-state index contributed by atoms with van der Waals surface area (Å²) >= 11 is 0. The van der Waals surface area contributed by atoms with Crippen molar-refractivity contribution in [2.75, 3.05) is 39.3 Å². The van der Waals surface area contributed by atoms with Crippen LogP contribution in [0.1, 0.15) is 37.2 Å². The summed E-state index contributed by atoms with van der Waals surface area (Å²) in [4.78, 5) is 35.8. The molecule has 0 radical (unpaired) electrons. The Balaban J connectivity index is 1.47. The van der Waals surface area contributed by atoms with E-state index in [1.54, 1.807) is 5.48 Å². The normalized spacial score (nSPS) is 26.2. The van der Waals surface area contributed by atoms with Gasteiger partial charge in [-0.25, -0.2) is 5.48 Å². The van der Waals surface area contributed by atoms with Gasteiger partial charge in [0.05, 0.1) is 11.8 Å². The van der Waals surface area contributed by atoms with E-state index in [0.29, 0.717) is 37.9 Å². The molecule has 0 saturated carbocycles. The quantitative estimate of drug-likeness (QED) is 0.242. The molecule has 170 valence electrons. The fraction of sp³-hybridized carbons (Fsp3) is 0.565. The molecule has 9 nitrogen and oxygen atoms in total. The lowest BCUT2D eigenvalue weighted by Gasteiger charge is -2.41. The highest BCUT2D eigenvalue weighted by Gasteiger charge is 2.43. The third kappa shape index (κ3) is 4.55. The molecule has 0 unspecified atom stereocenters. The Hall–Kier alpha value is -3.12. The average Bonchev–Trinajstić information content (AvgIpc) is 3.54. The van der Waals surface area contributed by atoms with Gasteiger partial charge in [0.2, 0.25) is 24.0 Å². The highest BCUT2D eigenvalue weighted by Crippen LogP contribution is 2.32. The number of benzene rings is 1. The van der Waals surface area contributed by atoms with Crippen molar-refractivity contribution in [3.8, 4) is 6.19 Å². The number of carbonyl (C=O) groups is 2. The second-order valence-electron chi connectivity index (χ2n) is 8.81. The Kier molecular flexibility index (Phi) is 6.90. The summed E-state index contributed by atoms with van der Waals surface area (Å²) in [5, 5.41) is 18.5. The van der Waals surface area contributed by atoms with Crippen LogP contribution in [-0.4, -0.2) is 76.9 Å². The van der Waals surface area contributed by atoms with E-state index in [1.165, 1.54) is 5.56 Å². The molecule has 0 aliphatic carbocycles. The minimum atomic E-state index is -0.705. The third-order valence-electron chi connectivity index (χ3n) is 6.97. The van der Waals surface area contributed by atoms with Crippen molar-refractivity contribution >= 4 is 17.8 Å². The van der Waals surface area contributed by atoms with Gasteiger partial charge in [-0.1, -0.05) is 30.3 Å². The van der Waals surface area contributed by atoms with Gasteiger partial charge in [-0.3, -0.25) is 14.8 Å². The monoisotopic (exact) mass is 438 g/mol. The Morgan fingerprint density at radius 1 is 0.969 bits per heavy atom. The summed E-state index contributed by atoms with van der Waals surface area (Å²) in [7, 11) is 0. The molecule has 3 fully saturated rings. The summed E-state index contributed by atoms with van der Waals surface area (Å²) in [6, 6.07) is 10.2. The molecule has 1 aromatic rings. The molecular formula is C23H30N6O3. The average molecular weight is 439 g/mol. The largest absolute Gasteiger partial charge is 0.342 e. The zero-order valence-corrected chi connectivity index (χ0v) is 18.2. The predicted octanol–water partition coefficient (Wildman–Crippen LogP) is 1.38. The van der Waals surface area contributed by atoms with Gasteiger partial charge in [0.1, 0.15) is 0 Å². The minimum Gasteiger partial charge on any atom is -0.342 e. The molecule has 32 heavy (non-hydrogen) atoms. The minimum absolute atomic E-state index is 0.0309. The van der Waals surface area contributed by atoms with E-state index in [1.807, 2.05) is 34.2 Å². The van der Waals surface area contributed by atoms with Gasteiger partial charge >= 0.3 is 0 Å². The molecular weight excluding hydrogens is 408 g/mol. The van der Waals surface area contributed by atoms with E-state index in [4.69, 9.17) is 0 Å². The smallest absolute Gasteiger partial charge is 0.249 e. The number of hydrogen-bond acceptors (Lipinski definition) is 5. The number of aliphatic imine (C=N–C) groups is 1. The fourth-order valence-electron chi connectivity index (χ4n) is 5.27. The Bertz CT molecular complexity index is 893. The number of hydrogen-bond donors (Lipinski definition) is 2. The summed E-state index contributed by atoms with van der Waals surface area (Å²) in [5.74, 6) is -0.939. The van der Waals surface area contributed by atoms with Gasteiger partial charge < -0.3 is 14.7 Å². The first-order chi connectivity index (χ1) is 15.6. The van der Waals surface area contributed by atoms with Crippen LogP contribution in [0.3, 0.4) is 0 Å². The van der Waals surface area contributed by atoms with Crippen LogP contribution in [0, 0.1) is 23.3 Å². The molecule has 3 heterocycles. The highest BCUT2D eigenvalue weighted by atomic mass is 16.5. The molecule has 0 spiro atoms. The Labute approximate surface area is 188 Å². The fourth-order valence-corrected chi connectivity index (χ4v) is 5.27. The summed E-state index contributed by atoms with van der Waals surface area (Å²) < 4.78 is 0. The Morgan fingerprint density at radius 2 is 1.69 bits per heavy atom. The maximum Gasteiger partial charge on any atom is 0.249 e. The van der Waals surface area contributed by atoms with E-state index in [9.17, 15) is 20.1 Å². The number of carbonyl (C=O) groups excluding carboxylic acids is 2. The van der Waals surface area contributed by atoms with Gasteiger partial charge in [-0.2, -0.15) is 5.26 Å². The van der Waals surface area contributed by atoms with Crippen LogP contribution in [0.15, 0.2) is 35.3 Å². The molecule has 1 aromatic carbocycles. The van der Waals surface area contributed by atoms with E-state index >= 15 is 0 Å². The molecule has 0 aromatic heterocycles. The number of piperidine rings is 1. The number of amides is 2. The van der Waals surface area contributed by atoms with Crippen LogP contribution in [0.5, 0.6) is 0 Å². The Morgan fingerprint density at radius 3 is 2.38 bits per heavy atom. The van der Waals surface area contributed by atoms with Crippen molar-refractivity contribution in [1.29, 1.82) is 5.26 Å². The van der Waals surface area contributed by atoms with Crippen molar-refractivity contribution in [2.24, 2.45) is 16.8 Å². The number of likely N-dealkylation sites (tertiary alicyclic amines) is 3. The lowest BCUT2D eigenvalue weighted by molar-refractivity contribution is -0.147. The van der Waals surface area contributed by atoms with Crippen LogP contribution in [-0.2, 0) is 9.59 Å². The van der Waals surface area contributed by atoms with Crippen molar-refractivity contribution in [1.82, 2.24) is 20.2 Å². The maximum absolute atomic E-state index is 13.4. The van der Waals surface area contributed by atoms with Crippen LogP contribution >= 0.6 is 0 Å². The summed E-state index contributed by atoms with van der Waals surface area (Å²) in [6.45, 7) is 3.75. The molecule has 0 bridgehead atoms. The van der Waals surface area contributed by atoms with Crippen LogP contribution in [0.4, 0.5) is 0 Å². The first kappa shape index (κ1) is 22.1. The van der Waals surface area contributed by atoms with Crippen molar-refractivity contribution < 1.29 is 14.8 Å². The number of nitrogens with one attached hydrogen (secondary N) is 1. The van der Waals surface area contributed by atoms with E-state index in [-0.39, 0.29) is 12.5 Å². The topological polar surface area (TPSA) is 112 Å². The highest BCUT2D eigenvalue weighted by molar-refractivity contribution is 5.89. The zero-order valence-electron chi connectivity index (χ0n) is 18.2. The van der Waals surface area contributed by atoms with Crippen molar-refractivity contribution in [2.45, 2.75) is 31.6 Å². The first-order valence-electron chi connectivity index (χ1n) is 11.4. The molecule has 3 saturated heterocycles. The summed E-state index contributed by atoms with van der Waals surface area (Å²) in [5.41, 5.74) is 2.98. The summed E-state index contributed by atoms with van der Waals surface area (Å²) in [6.07, 6.45) is 5.33. The van der Waals surface area contributed by atoms with Gasteiger partial charge in [0.15, 0.2) is 0 Å².